The van der Waals surface area contributed by atoms with Crippen molar-refractivity contribution in [2.45, 2.75) is 104 Å². The molecule has 5 atom stereocenters. The minimum absolute atomic E-state index is 0.0565. The zero-order valence-electron chi connectivity index (χ0n) is 23.6. The number of hydrogen-bond acceptors (Lipinski definition) is 6. The van der Waals surface area contributed by atoms with Crippen LogP contribution in [0.15, 0.2) is 18.2 Å². The first-order valence-corrected chi connectivity index (χ1v) is 14.6. The molecule has 0 heterocycles. The van der Waals surface area contributed by atoms with Gasteiger partial charge in [-0.2, -0.15) is 11.8 Å². The van der Waals surface area contributed by atoms with Gasteiger partial charge in [0.15, 0.2) is 0 Å². The average Bonchev–Trinajstić information content (AvgIpc) is 3.50. The number of carbonyl (C=O) groups excluding carboxylic acids is 3. The van der Waals surface area contributed by atoms with E-state index in [-0.39, 0.29) is 35.6 Å². The molecule has 1 saturated carbocycles. The lowest BCUT2D eigenvalue weighted by atomic mass is 9.99. The van der Waals surface area contributed by atoms with Gasteiger partial charge in [0.05, 0.1) is 0 Å². The zero-order valence-corrected chi connectivity index (χ0v) is 24.4. The SMILES string of the molecule is CCCC(C)NC(=O)C(c1ccc(O)c(C)c1)N(C(=O)C(CCSC)NC(=O)OC(C)(C)C)C1CC1C. The number of aromatic hydroxyl groups is 1. The molecule has 0 saturated heterocycles. The zero-order chi connectivity index (χ0) is 27.9. The monoisotopic (exact) mass is 535 g/mol. The number of phenols is 1. The van der Waals surface area contributed by atoms with Crippen molar-refractivity contribution in [2.24, 2.45) is 5.92 Å². The van der Waals surface area contributed by atoms with Gasteiger partial charge in [-0.15, -0.1) is 0 Å². The molecule has 208 valence electrons. The summed E-state index contributed by atoms with van der Waals surface area (Å²) in [4.78, 5) is 42.3. The first-order chi connectivity index (χ1) is 17.3. The second-order valence-electron chi connectivity index (χ2n) is 11.2. The molecule has 8 nitrogen and oxygen atoms in total. The number of ether oxygens (including phenoxy) is 1. The molecule has 1 fully saturated rings. The maximum atomic E-state index is 14.2. The topological polar surface area (TPSA) is 108 Å². The molecule has 5 unspecified atom stereocenters. The van der Waals surface area contributed by atoms with Crippen LogP contribution in [0.4, 0.5) is 4.79 Å². The molecule has 0 radical (unpaired) electrons. The predicted molar refractivity (Wildman–Crippen MR) is 149 cm³/mol. The lowest BCUT2D eigenvalue weighted by Gasteiger charge is -2.35. The van der Waals surface area contributed by atoms with Gasteiger partial charge < -0.3 is 25.4 Å². The lowest BCUT2D eigenvalue weighted by molar-refractivity contribution is -0.143. The van der Waals surface area contributed by atoms with E-state index in [4.69, 9.17) is 4.74 Å². The molecule has 1 aromatic rings. The fourth-order valence-corrected chi connectivity index (χ4v) is 4.88. The van der Waals surface area contributed by atoms with Crippen LogP contribution < -0.4 is 10.6 Å². The minimum Gasteiger partial charge on any atom is -0.508 e. The Labute approximate surface area is 226 Å². The van der Waals surface area contributed by atoms with E-state index >= 15 is 0 Å². The largest absolute Gasteiger partial charge is 0.508 e. The van der Waals surface area contributed by atoms with Gasteiger partial charge in [-0.1, -0.05) is 26.3 Å². The quantitative estimate of drug-likeness (QED) is 0.350. The third kappa shape index (κ3) is 9.13. The van der Waals surface area contributed by atoms with Crippen LogP contribution >= 0.6 is 11.8 Å². The number of aryl methyl sites for hydroxylation is 1. The average molecular weight is 536 g/mol. The number of rotatable bonds is 12. The highest BCUT2D eigenvalue weighted by Crippen LogP contribution is 2.41. The summed E-state index contributed by atoms with van der Waals surface area (Å²) in [5.41, 5.74) is 0.548. The summed E-state index contributed by atoms with van der Waals surface area (Å²) < 4.78 is 5.44. The molecule has 0 aliphatic heterocycles. The normalized spacial score (nSPS) is 19.4. The van der Waals surface area contributed by atoms with Crippen LogP contribution in [0.3, 0.4) is 0 Å². The summed E-state index contributed by atoms with van der Waals surface area (Å²) in [6.45, 7) is 13.2. The Balaban J connectivity index is 2.50. The van der Waals surface area contributed by atoms with Crippen molar-refractivity contribution >= 4 is 29.7 Å². The fraction of sp³-hybridized carbons (Fsp3) is 0.679. The van der Waals surface area contributed by atoms with E-state index in [0.717, 1.165) is 19.3 Å². The van der Waals surface area contributed by atoms with E-state index in [0.29, 0.717) is 23.3 Å². The summed E-state index contributed by atoms with van der Waals surface area (Å²) in [5.74, 6) is 0.448. The third-order valence-electron chi connectivity index (χ3n) is 6.45. The molecule has 0 aromatic heterocycles. The van der Waals surface area contributed by atoms with Gasteiger partial charge in [0, 0.05) is 12.1 Å². The van der Waals surface area contributed by atoms with Crippen LogP contribution in [-0.2, 0) is 14.3 Å². The van der Waals surface area contributed by atoms with E-state index in [1.807, 2.05) is 13.2 Å². The molecule has 37 heavy (non-hydrogen) atoms. The minimum atomic E-state index is -0.890. The summed E-state index contributed by atoms with van der Waals surface area (Å²) >= 11 is 1.58. The van der Waals surface area contributed by atoms with E-state index in [9.17, 15) is 19.5 Å². The van der Waals surface area contributed by atoms with Gasteiger partial charge in [-0.3, -0.25) is 9.59 Å². The molecule has 3 N–H and O–H groups in total. The highest BCUT2D eigenvalue weighted by atomic mass is 32.2. The number of carbonyl (C=O) groups is 3. The van der Waals surface area contributed by atoms with E-state index in [1.54, 1.807) is 62.6 Å². The molecule has 3 amide bonds. The summed E-state index contributed by atoms with van der Waals surface area (Å²) in [6, 6.07) is 3.10. The van der Waals surface area contributed by atoms with Crippen molar-refractivity contribution in [1.82, 2.24) is 15.5 Å². The van der Waals surface area contributed by atoms with Crippen LogP contribution in [0.5, 0.6) is 5.75 Å². The van der Waals surface area contributed by atoms with Gasteiger partial charge in [0.25, 0.3) is 0 Å². The Morgan fingerprint density at radius 3 is 2.38 bits per heavy atom. The molecular formula is C28H45N3O5S. The lowest BCUT2D eigenvalue weighted by Crippen LogP contribution is -2.54. The maximum Gasteiger partial charge on any atom is 0.408 e. The predicted octanol–water partition coefficient (Wildman–Crippen LogP) is 4.93. The molecule has 9 heteroatoms. The molecule has 0 spiro atoms. The summed E-state index contributed by atoms with van der Waals surface area (Å²) in [6.07, 6.45) is 4.21. The maximum absolute atomic E-state index is 14.2. The number of amides is 3. The molecule has 1 aliphatic carbocycles. The molecular weight excluding hydrogens is 490 g/mol. The standard InChI is InChI=1S/C28H45N3O5S/c1-9-10-19(4)29-25(33)24(20-11-12-23(32)18(3)15-20)31(22-16-17(22)2)26(34)21(13-14-37-8)30-27(35)36-28(5,6)7/h11-12,15,17,19,21-22,24,32H,9-10,13-14,16H2,1-8H3,(H,29,33)(H,30,35). The van der Waals surface area contributed by atoms with Crippen LogP contribution in [0.2, 0.25) is 0 Å². The number of thioether (sulfide) groups is 1. The Morgan fingerprint density at radius 2 is 1.86 bits per heavy atom. The van der Waals surface area contributed by atoms with Crippen molar-refractivity contribution < 1.29 is 24.2 Å². The number of alkyl carbamates (subject to hydrolysis) is 1. The second kappa shape index (κ2) is 13.4. The number of benzene rings is 1. The molecule has 2 rings (SSSR count). The van der Waals surface area contributed by atoms with Crippen molar-refractivity contribution in [3.05, 3.63) is 29.3 Å². The van der Waals surface area contributed by atoms with Crippen molar-refractivity contribution in [3.63, 3.8) is 0 Å². The molecule has 1 aromatic carbocycles. The Bertz CT molecular complexity index is 948. The van der Waals surface area contributed by atoms with Gasteiger partial charge in [-0.25, -0.2) is 4.79 Å². The van der Waals surface area contributed by atoms with E-state index in [2.05, 4.69) is 24.5 Å². The van der Waals surface area contributed by atoms with Crippen molar-refractivity contribution in [2.75, 3.05) is 12.0 Å². The smallest absolute Gasteiger partial charge is 0.408 e. The van der Waals surface area contributed by atoms with Gasteiger partial charge in [0.1, 0.15) is 23.4 Å². The number of nitrogens with zero attached hydrogens (tertiary/aromatic N) is 1. The number of hydrogen-bond donors (Lipinski definition) is 3. The van der Waals surface area contributed by atoms with Crippen LogP contribution in [0.25, 0.3) is 0 Å². The van der Waals surface area contributed by atoms with Crippen molar-refractivity contribution in [1.29, 1.82) is 0 Å². The first-order valence-electron chi connectivity index (χ1n) is 13.2. The fourth-order valence-electron chi connectivity index (χ4n) is 4.41. The van der Waals surface area contributed by atoms with Crippen molar-refractivity contribution in [3.8, 4) is 5.75 Å². The second-order valence-corrected chi connectivity index (χ2v) is 12.1. The van der Waals surface area contributed by atoms with Crippen LogP contribution in [0, 0.1) is 12.8 Å². The number of phenolic OH excluding ortho intramolecular Hbond substituents is 1. The molecule has 1 aliphatic rings. The van der Waals surface area contributed by atoms with Crippen LogP contribution in [0.1, 0.15) is 84.4 Å². The van der Waals surface area contributed by atoms with E-state index in [1.165, 1.54) is 0 Å². The first kappa shape index (κ1) is 30.8. The molecule has 0 bridgehead atoms. The summed E-state index contributed by atoms with van der Waals surface area (Å²) in [7, 11) is 0. The Kier molecular flexibility index (Phi) is 11.2. The van der Waals surface area contributed by atoms with E-state index < -0.39 is 23.8 Å². The van der Waals surface area contributed by atoms with Gasteiger partial charge >= 0.3 is 6.09 Å². The highest BCUT2D eigenvalue weighted by molar-refractivity contribution is 7.98. The van der Waals surface area contributed by atoms with Crippen LogP contribution in [-0.4, -0.2) is 63.6 Å². The number of nitrogens with one attached hydrogen (secondary N) is 2. The van der Waals surface area contributed by atoms with Gasteiger partial charge in [0.2, 0.25) is 11.8 Å². The van der Waals surface area contributed by atoms with Gasteiger partial charge in [-0.05, 0) is 95.1 Å². The Hall–Kier alpha value is -2.42. The highest BCUT2D eigenvalue weighted by Gasteiger charge is 2.48. The summed E-state index contributed by atoms with van der Waals surface area (Å²) in [5, 5.41) is 16.0. The Morgan fingerprint density at radius 1 is 1.22 bits per heavy atom. The third-order valence-corrected chi connectivity index (χ3v) is 7.10.